The lowest BCUT2D eigenvalue weighted by Gasteiger charge is -2.28. The maximum Gasteiger partial charge on any atom is 0.307 e. The third kappa shape index (κ3) is 4.20. The summed E-state index contributed by atoms with van der Waals surface area (Å²) in [6.45, 7) is 5.46. The predicted molar refractivity (Wildman–Crippen MR) is 60.7 cm³/mol. The van der Waals surface area contributed by atoms with Gasteiger partial charge >= 0.3 is 5.97 Å². The number of nitrogens with zero attached hydrogens (tertiary/aromatic N) is 1. The lowest BCUT2D eigenvalue weighted by atomic mass is 10.2. The van der Waals surface area contributed by atoms with Gasteiger partial charge in [-0.3, -0.25) is 9.69 Å². The summed E-state index contributed by atoms with van der Waals surface area (Å²) in [5, 5.41) is 0. The summed E-state index contributed by atoms with van der Waals surface area (Å²) >= 11 is 0. The van der Waals surface area contributed by atoms with Crippen LogP contribution in [0.4, 0.5) is 0 Å². The minimum absolute atomic E-state index is 0.0929. The van der Waals surface area contributed by atoms with Crippen molar-refractivity contribution in [2.45, 2.75) is 58.0 Å². The molecule has 1 aliphatic carbocycles. The molecule has 3 heteroatoms. The van der Waals surface area contributed by atoms with Gasteiger partial charge in [0, 0.05) is 12.1 Å². The molecule has 1 saturated carbocycles. The first kappa shape index (κ1) is 12.5. The van der Waals surface area contributed by atoms with E-state index in [0.717, 1.165) is 12.6 Å². The van der Waals surface area contributed by atoms with Crippen molar-refractivity contribution >= 4 is 5.97 Å². The third-order valence-corrected chi connectivity index (χ3v) is 3.04. The normalized spacial score (nSPS) is 17.9. The maximum atomic E-state index is 11.2. The van der Waals surface area contributed by atoms with E-state index in [9.17, 15) is 4.79 Å². The number of esters is 1. The molecule has 0 amide bonds. The number of hydrogen-bond acceptors (Lipinski definition) is 3. The largest absolute Gasteiger partial charge is 0.469 e. The standard InChI is InChI=1S/C12H23NO2/c1-4-5-8-13(11-6-7-11)10(2)9-12(14)15-3/h10-11H,4-9H2,1-3H3. The fourth-order valence-electron chi connectivity index (χ4n) is 1.95. The van der Waals surface area contributed by atoms with Crippen LogP contribution in [0.5, 0.6) is 0 Å². The Bertz CT molecular complexity index is 202. The summed E-state index contributed by atoms with van der Waals surface area (Å²) in [4.78, 5) is 13.7. The molecule has 0 aromatic rings. The fourth-order valence-corrected chi connectivity index (χ4v) is 1.95. The molecule has 1 atom stereocenters. The molecule has 15 heavy (non-hydrogen) atoms. The predicted octanol–water partition coefficient (Wildman–Crippen LogP) is 2.20. The van der Waals surface area contributed by atoms with Gasteiger partial charge in [0.05, 0.1) is 13.5 Å². The number of ether oxygens (including phenoxy) is 1. The van der Waals surface area contributed by atoms with E-state index in [1.165, 1.54) is 32.8 Å². The van der Waals surface area contributed by atoms with Crippen molar-refractivity contribution in [3.05, 3.63) is 0 Å². The highest BCUT2D eigenvalue weighted by molar-refractivity contribution is 5.69. The van der Waals surface area contributed by atoms with E-state index >= 15 is 0 Å². The molecule has 0 spiro atoms. The summed E-state index contributed by atoms with van der Waals surface area (Å²) < 4.78 is 4.71. The molecule has 1 rings (SSSR count). The number of carbonyl (C=O) groups is 1. The second-order valence-electron chi connectivity index (χ2n) is 4.45. The molecule has 1 unspecified atom stereocenters. The van der Waals surface area contributed by atoms with E-state index in [2.05, 4.69) is 18.7 Å². The second kappa shape index (κ2) is 6.11. The number of methoxy groups -OCH3 is 1. The van der Waals surface area contributed by atoms with Gasteiger partial charge in [0.1, 0.15) is 0 Å². The number of unbranched alkanes of at least 4 members (excludes halogenated alkanes) is 1. The van der Waals surface area contributed by atoms with Crippen molar-refractivity contribution in [2.75, 3.05) is 13.7 Å². The van der Waals surface area contributed by atoms with Gasteiger partial charge in [0.15, 0.2) is 0 Å². The minimum atomic E-state index is -0.0929. The molecule has 0 aromatic heterocycles. The molecule has 1 aliphatic rings. The van der Waals surface area contributed by atoms with Crippen molar-refractivity contribution in [1.29, 1.82) is 0 Å². The Morgan fingerprint density at radius 1 is 1.53 bits per heavy atom. The molecule has 0 aromatic carbocycles. The third-order valence-electron chi connectivity index (χ3n) is 3.04. The van der Waals surface area contributed by atoms with E-state index in [4.69, 9.17) is 4.74 Å². The second-order valence-corrected chi connectivity index (χ2v) is 4.45. The summed E-state index contributed by atoms with van der Waals surface area (Å²) in [6, 6.07) is 1.06. The Morgan fingerprint density at radius 2 is 2.20 bits per heavy atom. The molecule has 0 radical (unpaired) electrons. The summed E-state index contributed by atoms with van der Waals surface area (Å²) in [7, 11) is 1.46. The average molecular weight is 213 g/mol. The smallest absolute Gasteiger partial charge is 0.307 e. The van der Waals surface area contributed by atoms with Gasteiger partial charge in [0.2, 0.25) is 0 Å². The van der Waals surface area contributed by atoms with E-state index in [0.29, 0.717) is 12.5 Å². The van der Waals surface area contributed by atoms with Crippen LogP contribution < -0.4 is 0 Å². The van der Waals surface area contributed by atoms with Crippen LogP contribution in [-0.2, 0) is 9.53 Å². The molecule has 0 aliphatic heterocycles. The van der Waals surface area contributed by atoms with Crippen LogP contribution >= 0.6 is 0 Å². The van der Waals surface area contributed by atoms with Crippen LogP contribution in [0, 0.1) is 0 Å². The molecular formula is C12H23NO2. The van der Waals surface area contributed by atoms with Crippen molar-refractivity contribution in [3.63, 3.8) is 0 Å². The van der Waals surface area contributed by atoms with Gasteiger partial charge in [-0.1, -0.05) is 13.3 Å². The van der Waals surface area contributed by atoms with Gasteiger partial charge in [-0.15, -0.1) is 0 Å². The van der Waals surface area contributed by atoms with E-state index in [1.54, 1.807) is 0 Å². The van der Waals surface area contributed by atoms with E-state index in [1.807, 2.05) is 0 Å². The first-order chi connectivity index (χ1) is 7.19. The topological polar surface area (TPSA) is 29.5 Å². The monoisotopic (exact) mass is 213 g/mol. The lowest BCUT2D eigenvalue weighted by Crippen LogP contribution is -2.37. The maximum absolute atomic E-state index is 11.2. The molecule has 0 saturated heterocycles. The number of rotatable bonds is 7. The van der Waals surface area contributed by atoms with Crippen molar-refractivity contribution < 1.29 is 9.53 Å². The van der Waals surface area contributed by atoms with Crippen LogP contribution in [0.15, 0.2) is 0 Å². The molecule has 0 N–H and O–H groups in total. The molecular weight excluding hydrogens is 190 g/mol. The molecule has 0 bridgehead atoms. The Kier molecular flexibility index (Phi) is 5.09. The highest BCUT2D eigenvalue weighted by atomic mass is 16.5. The Hall–Kier alpha value is -0.570. The summed E-state index contributed by atoms with van der Waals surface area (Å²) in [6.07, 6.45) is 5.57. The SMILES string of the molecule is CCCCN(C(C)CC(=O)OC)C1CC1. The first-order valence-corrected chi connectivity index (χ1v) is 6.01. The van der Waals surface area contributed by atoms with Crippen LogP contribution in [-0.4, -0.2) is 36.6 Å². The molecule has 1 fully saturated rings. The molecule has 3 nitrogen and oxygen atoms in total. The van der Waals surface area contributed by atoms with Crippen LogP contribution in [0.25, 0.3) is 0 Å². The zero-order chi connectivity index (χ0) is 11.3. The molecule has 88 valence electrons. The Balaban J connectivity index is 2.36. The van der Waals surface area contributed by atoms with Crippen LogP contribution in [0.2, 0.25) is 0 Å². The molecule has 0 heterocycles. The summed E-state index contributed by atoms with van der Waals surface area (Å²) in [5.74, 6) is -0.0929. The van der Waals surface area contributed by atoms with Gasteiger partial charge in [0.25, 0.3) is 0 Å². The zero-order valence-electron chi connectivity index (χ0n) is 10.2. The van der Waals surface area contributed by atoms with E-state index in [-0.39, 0.29) is 5.97 Å². The highest BCUT2D eigenvalue weighted by Crippen LogP contribution is 2.29. The lowest BCUT2D eigenvalue weighted by molar-refractivity contribution is -0.141. The van der Waals surface area contributed by atoms with Crippen molar-refractivity contribution in [2.24, 2.45) is 0 Å². The van der Waals surface area contributed by atoms with Crippen LogP contribution in [0.3, 0.4) is 0 Å². The van der Waals surface area contributed by atoms with Crippen molar-refractivity contribution in [3.8, 4) is 0 Å². The quantitative estimate of drug-likeness (QED) is 0.607. The van der Waals surface area contributed by atoms with Crippen LogP contribution in [0.1, 0.15) is 46.0 Å². The average Bonchev–Trinajstić information content (AvgIpc) is 3.02. The van der Waals surface area contributed by atoms with E-state index < -0.39 is 0 Å². The summed E-state index contributed by atoms with van der Waals surface area (Å²) in [5.41, 5.74) is 0. The Labute approximate surface area is 92.8 Å². The van der Waals surface area contributed by atoms with Gasteiger partial charge in [-0.25, -0.2) is 0 Å². The number of hydrogen-bond donors (Lipinski definition) is 0. The minimum Gasteiger partial charge on any atom is -0.469 e. The zero-order valence-corrected chi connectivity index (χ0v) is 10.2. The van der Waals surface area contributed by atoms with Crippen molar-refractivity contribution in [1.82, 2.24) is 4.90 Å². The Morgan fingerprint density at radius 3 is 2.67 bits per heavy atom. The van der Waals surface area contributed by atoms with Gasteiger partial charge in [-0.2, -0.15) is 0 Å². The highest BCUT2D eigenvalue weighted by Gasteiger charge is 2.32. The first-order valence-electron chi connectivity index (χ1n) is 6.01. The van der Waals surface area contributed by atoms with Gasteiger partial charge in [-0.05, 0) is 32.7 Å². The number of carbonyl (C=O) groups excluding carboxylic acids is 1. The fraction of sp³-hybridized carbons (Fsp3) is 0.917. The van der Waals surface area contributed by atoms with Gasteiger partial charge < -0.3 is 4.74 Å².